The Bertz CT molecular complexity index is 534. The van der Waals surface area contributed by atoms with Crippen molar-refractivity contribution >= 4 is 11.4 Å². The Morgan fingerprint density at radius 2 is 1.88 bits per heavy atom. The molecule has 0 spiro atoms. The van der Waals surface area contributed by atoms with Crippen molar-refractivity contribution in [3.63, 3.8) is 0 Å². The van der Waals surface area contributed by atoms with Crippen LogP contribution in [0.15, 0.2) is 18.2 Å². The number of likely N-dealkylation sites (tertiary alicyclic amines) is 1. The van der Waals surface area contributed by atoms with Gasteiger partial charge in [-0.1, -0.05) is 26.3 Å². The van der Waals surface area contributed by atoms with Crippen LogP contribution < -0.4 is 10.6 Å². The highest BCUT2D eigenvalue weighted by atomic mass is 15.2. The first kappa shape index (κ1) is 18.6. The highest BCUT2D eigenvalue weighted by molar-refractivity contribution is 5.68. The Labute approximate surface area is 154 Å². The second kappa shape index (κ2) is 8.93. The average molecular weight is 344 g/mol. The molecular formula is C22H37N3. The zero-order valence-electron chi connectivity index (χ0n) is 16.3. The van der Waals surface area contributed by atoms with E-state index in [4.69, 9.17) is 5.73 Å². The minimum absolute atomic E-state index is 0.822. The highest BCUT2D eigenvalue weighted by Gasteiger charge is 2.20. The maximum atomic E-state index is 6.39. The molecule has 2 saturated heterocycles. The molecule has 1 unspecified atom stereocenters. The zero-order chi connectivity index (χ0) is 17.6. The van der Waals surface area contributed by atoms with Crippen LogP contribution >= 0.6 is 0 Å². The van der Waals surface area contributed by atoms with Gasteiger partial charge in [0.25, 0.3) is 0 Å². The molecule has 2 aliphatic rings. The maximum absolute atomic E-state index is 6.39. The Kier molecular flexibility index (Phi) is 6.63. The van der Waals surface area contributed by atoms with Crippen LogP contribution in [-0.2, 0) is 6.42 Å². The normalized spacial score (nSPS) is 23.1. The van der Waals surface area contributed by atoms with Gasteiger partial charge in [0.1, 0.15) is 0 Å². The number of nitrogen functional groups attached to an aromatic ring is 1. The van der Waals surface area contributed by atoms with Gasteiger partial charge in [-0.3, -0.25) is 0 Å². The van der Waals surface area contributed by atoms with E-state index in [0.717, 1.165) is 37.2 Å². The number of nitrogens with zero attached hydrogens (tertiary/aromatic N) is 2. The topological polar surface area (TPSA) is 32.5 Å². The van der Waals surface area contributed by atoms with Crippen LogP contribution in [0.4, 0.5) is 11.4 Å². The Balaban J connectivity index is 1.51. The molecule has 1 aromatic rings. The Hall–Kier alpha value is -1.22. The lowest BCUT2D eigenvalue weighted by atomic mass is 9.98. The summed E-state index contributed by atoms with van der Waals surface area (Å²) in [6.45, 7) is 9.53. The van der Waals surface area contributed by atoms with E-state index < -0.39 is 0 Å². The van der Waals surface area contributed by atoms with E-state index in [1.54, 1.807) is 0 Å². The van der Waals surface area contributed by atoms with Crippen molar-refractivity contribution < 1.29 is 0 Å². The Morgan fingerprint density at radius 3 is 2.60 bits per heavy atom. The lowest BCUT2D eigenvalue weighted by Crippen LogP contribution is -2.39. The number of nitrogens with two attached hydrogens (primary N) is 1. The first-order chi connectivity index (χ1) is 12.2. The summed E-state index contributed by atoms with van der Waals surface area (Å²) < 4.78 is 0. The van der Waals surface area contributed by atoms with Crippen LogP contribution in [-0.4, -0.2) is 37.1 Å². The van der Waals surface area contributed by atoms with Crippen LogP contribution in [0, 0.1) is 5.92 Å². The summed E-state index contributed by atoms with van der Waals surface area (Å²) in [5.74, 6) is 0.860. The third-order valence-corrected chi connectivity index (χ3v) is 6.35. The van der Waals surface area contributed by atoms with Crippen LogP contribution in [0.2, 0.25) is 0 Å². The van der Waals surface area contributed by atoms with Gasteiger partial charge in [-0.25, -0.2) is 0 Å². The van der Waals surface area contributed by atoms with Gasteiger partial charge in [0.05, 0.1) is 11.4 Å². The van der Waals surface area contributed by atoms with Gasteiger partial charge in [-0.15, -0.1) is 0 Å². The van der Waals surface area contributed by atoms with Crippen LogP contribution in [0.25, 0.3) is 0 Å². The molecule has 0 aliphatic carbocycles. The van der Waals surface area contributed by atoms with Crippen molar-refractivity contribution in [3.05, 3.63) is 23.8 Å². The molecule has 0 radical (unpaired) electrons. The van der Waals surface area contributed by atoms with Crippen LogP contribution in [0.3, 0.4) is 0 Å². The third-order valence-electron chi connectivity index (χ3n) is 6.35. The summed E-state index contributed by atoms with van der Waals surface area (Å²) in [4.78, 5) is 5.19. The largest absolute Gasteiger partial charge is 0.397 e. The summed E-state index contributed by atoms with van der Waals surface area (Å²) in [7, 11) is 0. The molecule has 3 nitrogen and oxygen atoms in total. The monoisotopic (exact) mass is 343 g/mol. The lowest BCUT2D eigenvalue weighted by Gasteiger charge is -2.35. The summed E-state index contributed by atoms with van der Waals surface area (Å²) in [6, 6.07) is 7.61. The van der Waals surface area contributed by atoms with Gasteiger partial charge in [0.2, 0.25) is 0 Å². The van der Waals surface area contributed by atoms with E-state index in [2.05, 4.69) is 41.8 Å². The lowest BCUT2D eigenvalue weighted by molar-refractivity contribution is 0.142. The van der Waals surface area contributed by atoms with Crippen LogP contribution in [0.1, 0.15) is 64.4 Å². The number of hydrogen-bond donors (Lipinski definition) is 1. The standard InChI is InChI=1S/C22H37N3/c1-3-20-8-4-5-13-24(20)14-6-7-19-9-10-22(21(23)17-19)25-15-11-18(2)12-16-25/h9-10,17-18,20H,3-8,11-16,23H2,1-2H3. The van der Waals surface area contributed by atoms with Gasteiger partial charge < -0.3 is 15.5 Å². The fourth-order valence-corrected chi connectivity index (χ4v) is 4.60. The first-order valence-electron chi connectivity index (χ1n) is 10.5. The predicted molar refractivity (Wildman–Crippen MR) is 109 cm³/mol. The van der Waals surface area contributed by atoms with Gasteiger partial charge in [0, 0.05) is 19.1 Å². The van der Waals surface area contributed by atoms with Crippen molar-refractivity contribution in [1.29, 1.82) is 0 Å². The number of anilines is 2. The molecule has 1 atom stereocenters. The molecular weight excluding hydrogens is 306 g/mol. The maximum Gasteiger partial charge on any atom is 0.0600 e. The van der Waals surface area contributed by atoms with Crippen molar-refractivity contribution in [3.8, 4) is 0 Å². The van der Waals surface area contributed by atoms with E-state index in [9.17, 15) is 0 Å². The SMILES string of the molecule is CCC1CCCCN1CCCc1ccc(N2CCC(C)CC2)c(N)c1. The van der Waals surface area contributed by atoms with Crippen molar-refractivity contribution in [2.75, 3.05) is 36.8 Å². The van der Waals surface area contributed by atoms with Crippen molar-refractivity contribution in [2.45, 2.75) is 71.3 Å². The first-order valence-corrected chi connectivity index (χ1v) is 10.5. The van der Waals surface area contributed by atoms with E-state index in [-0.39, 0.29) is 0 Å². The Morgan fingerprint density at radius 1 is 1.08 bits per heavy atom. The summed E-state index contributed by atoms with van der Waals surface area (Å²) in [5.41, 5.74) is 10.0. The minimum Gasteiger partial charge on any atom is -0.397 e. The number of benzene rings is 1. The summed E-state index contributed by atoms with van der Waals surface area (Å²) >= 11 is 0. The third kappa shape index (κ3) is 4.91. The molecule has 0 amide bonds. The fourth-order valence-electron chi connectivity index (χ4n) is 4.60. The molecule has 0 aromatic heterocycles. The van der Waals surface area contributed by atoms with E-state index in [0.29, 0.717) is 0 Å². The molecule has 2 aliphatic heterocycles. The summed E-state index contributed by atoms with van der Waals surface area (Å²) in [6.07, 6.45) is 10.5. The fraction of sp³-hybridized carbons (Fsp3) is 0.727. The molecule has 2 N–H and O–H groups in total. The average Bonchev–Trinajstić information content (AvgIpc) is 2.63. The second-order valence-electron chi connectivity index (χ2n) is 8.26. The number of piperidine rings is 2. The van der Waals surface area contributed by atoms with Gasteiger partial charge in [-0.05, 0) is 81.6 Å². The highest BCUT2D eigenvalue weighted by Crippen LogP contribution is 2.29. The molecule has 0 bridgehead atoms. The molecule has 0 saturated carbocycles. The quantitative estimate of drug-likeness (QED) is 0.760. The minimum atomic E-state index is 0.822. The van der Waals surface area contributed by atoms with Crippen molar-refractivity contribution in [2.24, 2.45) is 5.92 Å². The van der Waals surface area contributed by atoms with Crippen molar-refractivity contribution in [1.82, 2.24) is 4.90 Å². The number of aryl methyl sites for hydroxylation is 1. The van der Waals surface area contributed by atoms with Crippen LogP contribution in [0.5, 0.6) is 0 Å². The second-order valence-corrected chi connectivity index (χ2v) is 8.26. The molecule has 3 heteroatoms. The molecule has 2 heterocycles. The zero-order valence-corrected chi connectivity index (χ0v) is 16.3. The molecule has 1 aromatic carbocycles. The number of rotatable bonds is 6. The van der Waals surface area contributed by atoms with Gasteiger partial charge in [-0.2, -0.15) is 0 Å². The molecule has 3 rings (SSSR count). The molecule has 25 heavy (non-hydrogen) atoms. The summed E-state index contributed by atoms with van der Waals surface area (Å²) in [5, 5.41) is 0. The van der Waals surface area contributed by atoms with E-state index in [1.165, 1.54) is 69.3 Å². The van der Waals surface area contributed by atoms with E-state index in [1.807, 2.05) is 0 Å². The number of hydrogen-bond acceptors (Lipinski definition) is 3. The van der Waals surface area contributed by atoms with Gasteiger partial charge in [0.15, 0.2) is 0 Å². The molecule has 2 fully saturated rings. The molecule has 140 valence electrons. The smallest absolute Gasteiger partial charge is 0.0600 e. The van der Waals surface area contributed by atoms with Gasteiger partial charge >= 0.3 is 0 Å². The van der Waals surface area contributed by atoms with E-state index >= 15 is 0 Å². The predicted octanol–water partition coefficient (Wildman–Crippen LogP) is 4.70.